The van der Waals surface area contributed by atoms with Gasteiger partial charge in [-0.15, -0.1) is 6.42 Å². The third-order valence-electron chi connectivity index (χ3n) is 3.18. The van der Waals surface area contributed by atoms with Crippen molar-refractivity contribution >= 4 is 46.9 Å². The molecule has 0 atom stereocenters. The van der Waals surface area contributed by atoms with Crippen molar-refractivity contribution in [2.24, 2.45) is 5.10 Å². The summed E-state index contributed by atoms with van der Waals surface area (Å²) in [5, 5.41) is 6.67. The number of nitrogens with zero attached hydrogens (tertiary/aromatic N) is 1. The Kier molecular flexibility index (Phi) is 7.24. The van der Waals surface area contributed by atoms with Gasteiger partial charge < -0.3 is 10.1 Å². The van der Waals surface area contributed by atoms with Crippen molar-refractivity contribution in [3.63, 3.8) is 0 Å². The summed E-state index contributed by atoms with van der Waals surface area (Å²) in [5.74, 6) is 0.812. The normalized spacial score (nSPS) is 10.3. The van der Waals surface area contributed by atoms with Gasteiger partial charge in [0.15, 0.2) is 5.75 Å². The van der Waals surface area contributed by atoms with E-state index in [0.717, 1.165) is 5.56 Å². The molecule has 2 aromatic carbocycles. The van der Waals surface area contributed by atoms with Crippen LogP contribution in [-0.2, 0) is 9.59 Å². The predicted molar refractivity (Wildman–Crippen MR) is 106 cm³/mol. The van der Waals surface area contributed by atoms with E-state index in [1.54, 1.807) is 18.2 Å². The molecule has 0 aliphatic heterocycles. The maximum absolute atomic E-state index is 11.8. The Balaban J connectivity index is 1.97. The van der Waals surface area contributed by atoms with Crippen LogP contribution in [0, 0.1) is 19.3 Å². The number of carbonyl (C=O) groups excluding carboxylic acids is 2. The van der Waals surface area contributed by atoms with E-state index in [1.165, 1.54) is 18.3 Å². The summed E-state index contributed by atoms with van der Waals surface area (Å²) < 4.78 is 5.24. The molecule has 2 aromatic rings. The molecule has 0 aromatic heterocycles. The van der Waals surface area contributed by atoms with Crippen LogP contribution in [0.1, 0.15) is 11.1 Å². The zero-order chi connectivity index (χ0) is 19.8. The summed E-state index contributed by atoms with van der Waals surface area (Å²) in [4.78, 5) is 23.6. The fourth-order valence-corrected chi connectivity index (χ4v) is 2.65. The summed E-state index contributed by atoms with van der Waals surface area (Å²) in [7, 11) is 0. The lowest BCUT2D eigenvalue weighted by atomic mass is 10.2. The van der Waals surface area contributed by atoms with E-state index in [1.807, 2.05) is 13.0 Å². The molecule has 8 heteroatoms. The molecule has 2 N–H and O–H groups in total. The van der Waals surface area contributed by atoms with Crippen LogP contribution in [0.15, 0.2) is 41.5 Å². The van der Waals surface area contributed by atoms with Crippen molar-refractivity contribution in [1.82, 2.24) is 5.43 Å². The van der Waals surface area contributed by atoms with E-state index < -0.39 is 11.8 Å². The highest BCUT2D eigenvalue weighted by atomic mass is 35.5. The lowest BCUT2D eigenvalue weighted by molar-refractivity contribution is -0.136. The summed E-state index contributed by atoms with van der Waals surface area (Å²) >= 11 is 12.1. The number of anilines is 1. The van der Waals surface area contributed by atoms with Gasteiger partial charge in [-0.3, -0.25) is 9.59 Å². The van der Waals surface area contributed by atoms with Gasteiger partial charge in [0.05, 0.1) is 16.3 Å². The quantitative estimate of drug-likeness (QED) is 0.347. The van der Waals surface area contributed by atoms with E-state index in [0.29, 0.717) is 11.3 Å². The Morgan fingerprint density at radius 2 is 1.93 bits per heavy atom. The third-order valence-corrected chi connectivity index (χ3v) is 3.74. The van der Waals surface area contributed by atoms with Crippen molar-refractivity contribution in [2.45, 2.75) is 6.92 Å². The zero-order valence-corrected chi connectivity index (χ0v) is 15.8. The third kappa shape index (κ3) is 6.03. The molecule has 138 valence electrons. The second-order valence-electron chi connectivity index (χ2n) is 5.33. The molecule has 27 heavy (non-hydrogen) atoms. The molecule has 0 unspecified atom stereocenters. The molecule has 0 bridgehead atoms. The Morgan fingerprint density at radius 1 is 1.22 bits per heavy atom. The van der Waals surface area contributed by atoms with Crippen LogP contribution in [0.5, 0.6) is 5.75 Å². The Labute approximate surface area is 166 Å². The number of carbonyl (C=O) groups is 2. The van der Waals surface area contributed by atoms with Gasteiger partial charge in [0, 0.05) is 5.69 Å². The second kappa shape index (κ2) is 9.62. The molecule has 0 saturated heterocycles. The molecule has 0 fully saturated rings. The topological polar surface area (TPSA) is 79.8 Å². The number of hydrogen-bond acceptors (Lipinski definition) is 4. The predicted octanol–water partition coefficient (Wildman–Crippen LogP) is 3.40. The van der Waals surface area contributed by atoms with Gasteiger partial charge in [0.2, 0.25) is 0 Å². The molecule has 2 amide bonds. The minimum atomic E-state index is -0.918. The fourth-order valence-electron chi connectivity index (χ4n) is 2.03. The van der Waals surface area contributed by atoms with E-state index in [4.69, 9.17) is 34.4 Å². The van der Waals surface area contributed by atoms with Crippen molar-refractivity contribution in [3.8, 4) is 18.1 Å². The molecule has 0 spiro atoms. The first kappa shape index (κ1) is 20.3. The second-order valence-corrected chi connectivity index (χ2v) is 6.14. The first-order chi connectivity index (χ1) is 12.9. The Morgan fingerprint density at radius 3 is 2.56 bits per heavy atom. The fraction of sp³-hybridized carbons (Fsp3) is 0.105. The van der Waals surface area contributed by atoms with Crippen LogP contribution in [0.2, 0.25) is 10.0 Å². The SMILES string of the molecule is C#CCOc1c(Cl)cc(/C=N\NC(=O)C(=O)Nc2cccc(C)c2)cc1Cl. The standard InChI is InChI=1S/C19H15Cl2N3O3/c1-3-7-27-17-15(20)9-13(10-16(17)21)11-22-24-19(26)18(25)23-14-6-4-5-12(2)8-14/h1,4-6,8-11H,7H2,2H3,(H,23,25)(H,24,26)/b22-11-. The van der Waals surface area contributed by atoms with Crippen LogP contribution < -0.4 is 15.5 Å². The van der Waals surface area contributed by atoms with E-state index in [-0.39, 0.29) is 22.4 Å². The van der Waals surface area contributed by atoms with Gasteiger partial charge in [0.1, 0.15) is 6.61 Å². The molecular formula is C19H15Cl2N3O3. The van der Waals surface area contributed by atoms with Gasteiger partial charge in [-0.05, 0) is 42.3 Å². The lowest BCUT2D eigenvalue weighted by Crippen LogP contribution is -2.32. The molecule has 2 rings (SSSR count). The minimum Gasteiger partial charge on any atom is -0.478 e. The number of ether oxygens (including phenoxy) is 1. The van der Waals surface area contributed by atoms with E-state index in [9.17, 15) is 9.59 Å². The summed E-state index contributed by atoms with van der Waals surface area (Å²) in [6.45, 7) is 1.90. The Hall–Kier alpha value is -3.01. The summed E-state index contributed by atoms with van der Waals surface area (Å²) in [6, 6.07) is 10.1. The van der Waals surface area contributed by atoms with Gasteiger partial charge in [-0.1, -0.05) is 41.3 Å². The van der Waals surface area contributed by atoms with Crippen molar-refractivity contribution in [2.75, 3.05) is 11.9 Å². The maximum Gasteiger partial charge on any atom is 0.329 e. The lowest BCUT2D eigenvalue weighted by Gasteiger charge is -2.08. The molecule has 0 saturated carbocycles. The average Bonchev–Trinajstić information content (AvgIpc) is 2.61. The first-order valence-corrected chi connectivity index (χ1v) is 8.42. The van der Waals surface area contributed by atoms with E-state index in [2.05, 4.69) is 21.8 Å². The highest BCUT2D eigenvalue weighted by molar-refractivity contribution is 6.39. The molecule has 0 radical (unpaired) electrons. The number of hydrazone groups is 1. The van der Waals surface area contributed by atoms with Crippen LogP contribution in [0.3, 0.4) is 0 Å². The molecule has 6 nitrogen and oxygen atoms in total. The highest BCUT2D eigenvalue weighted by Gasteiger charge is 2.13. The van der Waals surface area contributed by atoms with Gasteiger partial charge >= 0.3 is 11.8 Å². The number of aryl methyl sites for hydroxylation is 1. The van der Waals surface area contributed by atoms with Gasteiger partial charge in [-0.25, -0.2) is 5.43 Å². The van der Waals surface area contributed by atoms with E-state index >= 15 is 0 Å². The largest absolute Gasteiger partial charge is 0.478 e. The average molecular weight is 404 g/mol. The van der Waals surface area contributed by atoms with Crippen molar-refractivity contribution in [3.05, 3.63) is 57.6 Å². The maximum atomic E-state index is 11.8. The Bertz CT molecular complexity index is 913. The number of terminal acetylenes is 1. The van der Waals surface area contributed by atoms with Gasteiger partial charge in [0.25, 0.3) is 0 Å². The number of rotatable bonds is 5. The van der Waals surface area contributed by atoms with Gasteiger partial charge in [-0.2, -0.15) is 5.10 Å². The number of amides is 2. The molecular weight excluding hydrogens is 389 g/mol. The van der Waals surface area contributed by atoms with Crippen LogP contribution in [0.4, 0.5) is 5.69 Å². The number of hydrogen-bond donors (Lipinski definition) is 2. The monoisotopic (exact) mass is 403 g/mol. The smallest absolute Gasteiger partial charge is 0.329 e. The summed E-state index contributed by atoms with van der Waals surface area (Å²) in [5.41, 5.74) is 4.09. The van der Waals surface area contributed by atoms with Crippen molar-refractivity contribution in [1.29, 1.82) is 0 Å². The number of benzene rings is 2. The molecule has 0 aliphatic carbocycles. The van der Waals surface area contributed by atoms with Crippen LogP contribution >= 0.6 is 23.2 Å². The van der Waals surface area contributed by atoms with Crippen molar-refractivity contribution < 1.29 is 14.3 Å². The number of nitrogens with one attached hydrogen (secondary N) is 2. The summed E-state index contributed by atoms with van der Waals surface area (Å²) in [6.07, 6.45) is 6.42. The zero-order valence-electron chi connectivity index (χ0n) is 14.3. The van der Waals surface area contributed by atoms with Crippen LogP contribution in [-0.4, -0.2) is 24.6 Å². The highest BCUT2D eigenvalue weighted by Crippen LogP contribution is 2.33. The number of halogens is 2. The van der Waals surface area contributed by atoms with Crippen LogP contribution in [0.25, 0.3) is 0 Å². The molecule has 0 heterocycles. The first-order valence-electron chi connectivity index (χ1n) is 7.67. The minimum absolute atomic E-state index is 0.0268. The molecule has 0 aliphatic rings.